The molecule has 0 saturated carbocycles. The third kappa shape index (κ3) is 2.02. The van der Waals surface area contributed by atoms with Crippen LogP contribution < -0.4 is 0 Å². The van der Waals surface area contributed by atoms with Gasteiger partial charge in [0.05, 0.1) is 5.75 Å². The lowest BCUT2D eigenvalue weighted by molar-refractivity contribution is 0.549. The first-order chi connectivity index (χ1) is 5.75. The van der Waals surface area contributed by atoms with Crippen molar-refractivity contribution >= 4 is 11.8 Å². The van der Waals surface area contributed by atoms with Crippen LogP contribution in [0.4, 0.5) is 0 Å². The Bertz CT molecular complexity index is 285. The number of terminal acetylenes is 1. The second-order valence-electron chi connectivity index (χ2n) is 2.61. The van der Waals surface area contributed by atoms with Crippen molar-refractivity contribution in [3.05, 3.63) is 6.33 Å². The van der Waals surface area contributed by atoms with Crippen LogP contribution >= 0.6 is 11.8 Å². The van der Waals surface area contributed by atoms with Crippen LogP contribution in [0.15, 0.2) is 11.5 Å². The topological polar surface area (TPSA) is 30.7 Å². The number of hydrogen-bond acceptors (Lipinski definition) is 3. The van der Waals surface area contributed by atoms with Gasteiger partial charge in [-0.2, -0.15) is 0 Å². The molecular formula is C8H11N3S. The molecule has 0 unspecified atom stereocenters. The van der Waals surface area contributed by atoms with Crippen LogP contribution in [0.2, 0.25) is 0 Å². The van der Waals surface area contributed by atoms with E-state index in [0.29, 0.717) is 11.8 Å². The van der Waals surface area contributed by atoms with Crippen LogP contribution in [0, 0.1) is 12.3 Å². The fourth-order valence-electron chi connectivity index (χ4n) is 0.796. The summed E-state index contributed by atoms with van der Waals surface area (Å²) in [6, 6.07) is 0.389. The summed E-state index contributed by atoms with van der Waals surface area (Å²) < 4.78 is 2.00. The van der Waals surface area contributed by atoms with Gasteiger partial charge in [-0.05, 0) is 13.8 Å². The molecule has 0 aliphatic heterocycles. The van der Waals surface area contributed by atoms with Crippen LogP contribution in [-0.2, 0) is 0 Å². The Kier molecular flexibility index (Phi) is 3.18. The van der Waals surface area contributed by atoms with Crippen molar-refractivity contribution in [1.82, 2.24) is 14.8 Å². The SMILES string of the molecule is C#CCSc1nncn1C(C)C. The molecule has 0 aliphatic rings. The highest BCUT2D eigenvalue weighted by atomic mass is 32.2. The maximum Gasteiger partial charge on any atom is 0.192 e. The highest BCUT2D eigenvalue weighted by Crippen LogP contribution is 2.17. The largest absolute Gasteiger partial charge is 0.306 e. The highest BCUT2D eigenvalue weighted by molar-refractivity contribution is 7.99. The number of aromatic nitrogens is 3. The van der Waals surface area contributed by atoms with Crippen LogP contribution in [0.25, 0.3) is 0 Å². The summed E-state index contributed by atoms with van der Waals surface area (Å²) >= 11 is 1.54. The third-order valence-corrected chi connectivity index (χ3v) is 2.24. The lowest BCUT2D eigenvalue weighted by Gasteiger charge is -2.07. The lowest BCUT2D eigenvalue weighted by atomic mass is 10.4. The molecule has 64 valence electrons. The van der Waals surface area contributed by atoms with Crippen LogP contribution in [0.3, 0.4) is 0 Å². The Morgan fingerprint density at radius 3 is 3.08 bits per heavy atom. The lowest BCUT2D eigenvalue weighted by Crippen LogP contribution is -2.00. The molecule has 1 heterocycles. The average molecular weight is 181 g/mol. The summed E-state index contributed by atoms with van der Waals surface area (Å²) in [4.78, 5) is 0. The van der Waals surface area contributed by atoms with E-state index in [1.54, 1.807) is 6.33 Å². The fourth-order valence-corrected chi connectivity index (χ4v) is 1.52. The molecule has 12 heavy (non-hydrogen) atoms. The standard InChI is InChI=1S/C8H11N3S/c1-4-5-12-8-10-9-6-11(8)7(2)3/h1,6-7H,5H2,2-3H3. The molecule has 1 aromatic heterocycles. The molecule has 0 aromatic carbocycles. The van der Waals surface area contributed by atoms with E-state index in [9.17, 15) is 0 Å². The van der Waals surface area contributed by atoms with Gasteiger partial charge in [-0.3, -0.25) is 0 Å². The van der Waals surface area contributed by atoms with Gasteiger partial charge in [-0.15, -0.1) is 16.6 Å². The van der Waals surface area contributed by atoms with Crippen molar-refractivity contribution in [1.29, 1.82) is 0 Å². The zero-order valence-electron chi connectivity index (χ0n) is 7.19. The molecule has 0 fully saturated rings. The van der Waals surface area contributed by atoms with Crippen molar-refractivity contribution in [2.75, 3.05) is 5.75 Å². The molecule has 4 heteroatoms. The van der Waals surface area contributed by atoms with Gasteiger partial charge in [0.25, 0.3) is 0 Å². The Morgan fingerprint density at radius 2 is 2.50 bits per heavy atom. The molecule has 3 nitrogen and oxygen atoms in total. The van der Waals surface area contributed by atoms with Crippen molar-refractivity contribution in [2.45, 2.75) is 25.0 Å². The molecular weight excluding hydrogens is 170 g/mol. The van der Waals surface area contributed by atoms with E-state index in [-0.39, 0.29) is 0 Å². The van der Waals surface area contributed by atoms with Gasteiger partial charge < -0.3 is 4.57 Å². The molecule has 1 aromatic rings. The van der Waals surface area contributed by atoms with Crippen LogP contribution in [-0.4, -0.2) is 20.5 Å². The summed E-state index contributed by atoms with van der Waals surface area (Å²) in [5.41, 5.74) is 0. The average Bonchev–Trinajstić information content (AvgIpc) is 2.48. The first kappa shape index (κ1) is 9.14. The zero-order chi connectivity index (χ0) is 8.97. The predicted octanol–water partition coefficient (Wildman–Crippen LogP) is 1.58. The summed E-state index contributed by atoms with van der Waals surface area (Å²) in [7, 11) is 0. The number of nitrogens with zero attached hydrogens (tertiary/aromatic N) is 3. The maximum absolute atomic E-state index is 5.14. The normalized spacial score (nSPS) is 10.2. The van der Waals surface area contributed by atoms with Gasteiger partial charge in [-0.25, -0.2) is 0 Å². The number of hydrogen-bond donors (Lipinski definition) is 0. The third-order valence-electron chi connectivity index (χ3n) is 1.38. The Hall–Kier alpha value is -0.950. The highest BCUT2D eigenvalue weighted by Gasteiger charge is 2.05. The minimum absolute atomic E-state index is 0.389. The van der Waals surface area contributed by atoms with Gasteiger partial charge in [0.2, 0.25) is 0 Å². The monoisotopic (exact) mass is 181 g/mol. The van der Waals surface area contributed by atoms with Crippen LogP contribution in [0.5, 0.6) is 0 Å². The summed E-state index contributed by atoms with van der Waals surface area (Å²) in [5.74, 6) is 3.20. The van der Waals surface area contributed by atoms with E-state index in [1.165, 1.54) is 11.8 Å². The minimum Gasteiger partial charge on any atom is -0.306 e. The van der Waals surface area contributed by atoms with Gasteiger partial charge in [0, 0.05) is 6.04 Å². The van der Waals surface area contributed by atoms with Crippen molar-refractivity contribution in [2.24, 2.45) is 0 Å². The first-order valence-corrected chi connectivity index (χ1v) is 4.70. The van der Waals surface area contributed by atoms with E-state index in [1.807, 2.05) is 4.57 Å². The summed E-state index contributed by atoms with van der Waals surface area (Å²) in [6.45, 7) is 4.17. The molecule has 0 radical (unpaired) electrons. The number of rotatable bonds is 3. The van der Waals surface area contributed by atoms with Crippen molar-refractivity contribution in [3.8, 4) is 12.3 Å². The molecule has 0 atom stereocenters. The van der Waals surface area contributed by atoms with Gasteiger partial charge in [0.15, 0.2) is 5.16 Å². The Balaban J connectivity index is 2.72. The quantitative estimate of drug-likeness (QED) is 0.524. The Labute approximate surface area is 76.6 Å². The van der Waals surface area contributed by atoms with E-state index >= 15 is 0 Å². The molecule has 0 spiro atoms. The summed E-state index contributed by atoms with van der Waals surface area (Å²) in [5, 5.41) is 8.67. The second kappa shape index (κ2) is 4.17. The molecule has 1 rings (SSSR count). The number of thioether (sulfide) groups is 1. The van der Waals surface area contributed by atoms with Gasteiger partial charge in [0.1, 0.15) is 6.33 Å². The van der Waals surface area contributed by atoms with Crippen LogP contribution in [0.1, 0.15) is 19.9 Å². The molecule has 0 saturated heterocycles. The zero-order valence-corrected chi connectivity index (χ0v) is 8.01. The minimum atomic E-state index is 0.389. The summed E-state index contributed by atoms with van der Waals surface area (Å²) in [6.07, 6.45) is 6.87. The van der Waals surface area contributed by atoms with E-state index in [4.69, 9.17) is 6.42 Å². The molecule has 0 aliphatic carbocycles. The maximum atomic E-state index is 5.14. The van der Waals surface area contributed by atoms with E-state index < -0.39 is 0 Å². The van der Waals surface area contributed by atoms with Crippen molar-refractivity contribution < 1.29 is 0 Å². The van der Waals surface area contributed by atoms with E-state index in [2.05, 4.69) is 30.0 Å². The van der Waals surface area contributed by atoms with Crippen molar-refractivity contribution in [3.63, 3.8) is 0 Å². The van der Waals surface area contributed by atoms with Gasteiger partial charge >= 0.3 is 0 Å². The van der Waals surface area contributed by atoms with E-state index in [0.717, 1.165) is 5.16 Å². The first-order valence-electron chi connectivity index (χ1n) is 3.71. The molecule has 0 bridgehead atoms. The molecule has 0 amide bonds. The smallest absolute Gasteiger partial charge is 0.192 e. The fraction of sp³-hybridized carbons (Fsp3) is 0.500. The van der Waals surface area contributed by atoms with Gasteiger partial charge in [-0.1, -0.05) is 17.7 Å². The predicted molar refractivity (Wildman–Crippen MR) is 50.0 cm³/mol. The Morgan fingerprint density at radius 1 is 1.75 bits per heavy atom. The molecule has 0 N–H and O–H groups in total. The second-order valence-corrected chi connectivity index (χ2v) is 3.55.